The molecule has 0 saturated heterocycles. The maximum absolute atomic E-state index is 11.4. The molecule has 1 N–H and O–H groups in total. The van der Waals surface area contributed by atoms with Crippen LogP contribution in [-0.2, 0) is 4.79 Å². The zero-order valence-electron chi connectivity index (χ0n) is 12.8. The van der Waals surface area contributed by atoms with Crippen LogP contribution in [-0.4, -0.2) is 54.5 Å². The molecule has 0 fully saturated rings. The number of aliphatic hydroxyl groups excluding tert-OH is 1. The molecule has 0 aromatic heterocycles. The van der Waals surface area contributed by atoms with Gasteiger partial charge in [0.1, 0.15) is 23.9 Å². The predicted octanol–water partition coefficient (Wildman–Crippen LogP) is 1.23. The normalized spacial score (nSPS) is 17.2. The minimum Gasteiger partial charge on any atom is -0.491 e. The van der Waals surface area contributed by atoms with Crippen LogP contribution >= 0.6 is 0 Å². The van der Waals surface area contributed by atoms with E-state index in [2.05, 4.69) is 11.6 Å². The lowest BCUT2D eigenvalue weighted by Gasteiger charge is -2.19. The van der Waals surface area contributed by atoms with Crippen LogP contribution in [0.3, 0.4) is 0 Å². The van der Waals surface area contributed by atoms with E-state index in [4.69, 9.17) is 9.47 Å². The van der Waals surface area contributed by atoms with E-state index in [-0.39, 0.29) is 12.4 Å². The molecule has 0 saturated carbocycles. The first-order valence-corrected chi connectivity index (χ1v) is 7.02. The number of aliphatic imine (C=N–C) groups is 1. The molecule has 1 aromatic rings. The molecule has 1 atom stereocenters. The monoisotopic (exact) mass is 304 g/mol. The van der Waals surface area contributed by atoms with E-state index in [0.29, 0.717) is 24.7 Å². The van der Waals surface area contributed by atoms with Crippen molar-refractivity contribution < 1.29 is 19.4 Å². The van der Waals surface area contributed by atoms with Crippen molar-refractivity contribution in [1.29, 1.82) is 0 Å². The summed E-state index contributed by atoms with van der Waals surface area (Å²) >= 11 is 0. The predicted molar refractivity (Wildman–Crippen MR) is 83.5 cm³/mol. The SMILES string of the molecule is C=CN1CCOc2cc(O[C@@H](CO)C(C)=O)ccc2C1=NC. The second-order valence-electron chi connectivity index (χ2n) is 4.83. The van der Waals surface area contributed by atoms with Crippen LogP contribution in [0.5, 0.6) is 11.5 Å². The van der Waals surface area contributed by atoms with Crippen LogP contribution in [0.4, 0.5) is 0 Å². The molecule has 6 heteroatoms. The average molecular weight is 304 g/mol. The largest absolute Gasteiger partial charge is 0.491 e. The Morgan fingerprint density at radius 3 is 3.00 bits per heavy atom. The number of amidine groups is 1. The number of ether oxygens (including phenoxy) is 2. The van der Waals surface area contributed by atoms with E-state index in [1.54, 1.807) is 25.4 Å². The van der Waals surface area contributed by atoms with Gasteiger partial charge in [0.2, 0.25) is 0 Å². The highest BCUT2D eigenvalue weighted by Gasteiger charge is 2.21. The van der Waals surface area contributed by atoms with Crippen LogP contribution in [0.15, 0.2) is 36.0 Å². The minimum atomic E-state index is -0.868. The number of rotatable bonds is 5. The second kappa shape index (κ2) is 7.09. The van der Waals surface area contributed by atoms with E-state index in [0.717, 1.165) is 11.4 Å². The van der Waals surface area contributed by atoms with Gasteiger partial charge in [-0.2, -0.15) is 0 Å². The fourth-order valence-electron chi connectivity index (χ4n) is 2.23. The smallest absolute Gasteiger partial charge is 0.179 e. The summed E-state index contributed by atoms with van der Waals surface area (Å²) < 4.78 is 11.2. The van der Waals surface area contributed by atoms with Crippen molar-refractivity contribution >= 4 is 11.6 Å². The molecule has 118 valence electrons. The molecule has 0 unspecified atom stereocenters. The molecule has 0 bridgehead atoms. The van der Waals surface area contributed by atoms with Gasteiger partial charge >= 0.3 is 0 Å². The van der Waals surface area contributed by atoms with Gasteiger partial charge in [0.25, 0.3) is 0 Å². The van der Waals surface area contributed by atoms with Crippen molar-refractivity contribution in [1.82, 2.24) is 4.90 Å². The summed E-state index contributed by atoms with van der Waals surface area (Å²) in [7, 11) is 1.71. The Labute approximate surface area is 129 Å². The summed E-state index contributed by atoms with van der Waals surface area (Å²) in [6.45, 7) is 5.93. The van der Waals surface area contributed by atoms with E-state index in [1.807, 2.05) is 11.0 Å². The number of hydrogen-bond acceptors (Lipinski definition) is 5. The Bertz CT molecular complexity index is 598. The molecular weight excluding hydrogens is 284 g/mol. The number of fused-ring (bicyclic) bond motifs is 1. The van der Waals surface area contributed by atoms with E-state index in [1.165, 1.54) is 6.92 Å². The first kappa shape index (κ1) is 16.0. The van der Waals surface area contributed by atoms with Gasteiger partial charge in [0, 0.05) is 13.1 Å². The second-order valence-corrected chi connectivity index (χ2v) is 4.83. The first-order chi connectivity index (χ1) is 10.6. The maximum atomic E-state index is 11.4. The average Bonchev–Trinajstić information content (AvgIpc) is 2.70. The Balaban J connectivity index is 2.33. The zero-order chi connectivity index (χ0) is 16.1. The lowest BCUT2D eigenvalue weighted by Crippen LogP contribution is -2.29. The van der Waals surface area contributed by atoms with Gasteiger partial charge in [-0.1, -0.05) is 6.58 Å². The number of nitrogens with zero attached hydrogens (tertiary/aromatic N) is 2. The molecule has 22 heavy (non-hydrogen) atoms. The third kappa shape index (κ3) is 3.28. The molecule has 1 aromatic carbocycles. The van der Waals surface area contributed by atoms with Crippen LogP contribution in [0, 0.1) is 0 Å². The van der Waals surface area contributed by atoms with Crippen LogP contribution in [0.1, 0.15) is 12.5 Å². The molecule has 0 amide bonds. The van der Waals surface area contributed by atoms with Crippen molar-refractivity contribution in [2.24, 2.45) is 4.99 Å². The molecule has 0 aliphatic carbocycles. The number of carbonyl (C=O) groups is 1. The quantitative estimate of drug-likeness (QED) is 0.886. The molecule has 1 heterocycles. The van der Waals surface area contributed by atoms with Crippen molar-refractivity contribution in [3.05, 3.63) is 36.5 Å². The lowest BCUT2D eigenvalue weighted by molar-refractivity contribution is -0.125. The molecular formula is C16H20N2O4. The summed E-state index contributed by atoms with van der Waals surface area (Å²) in [5, 5.41) is 9.17. The molecule has 0 radical (unpaired) electrons. The number of benzene rings is 1. The Morgan fingerprint density at radius 1 is 1.64 bits per heavy atom. The Hall–Kier alpha value is -2.34. The van der Waals surface area contributed by atoms with Crippen LogP contribution < -0.4 is 9.47 Å². The van der Waals surface area contributed by atoms with Crippen molar-refractivity contribution in [2.75, 3.05) is 26.8 Å². The number of ketones is 1. The lowest BCUT2D eigenvalue weighted by atomic mass is 10.1. The van der Waals surface area contributed by atoms with Gasteiger partial charge in [-0.25, -0.2) is 0 Å². The standard InChI is InChI=1S/C16H20N2O4/c1-4-18-7-8-21-14-9-12(22-15(10-19)11(2)20)5-6-13(14)16(18)17-3/h4-6,9,15,19H,1,7-8,10H2,2-3H3/t15-/m0/s1. The third-order valence-electron chi connectivity index (χ3n) is 3.39. The van der Waals surface area contributed by atoms with E-state index >= 15 is 0 Å². The highest BCUT2D eigenvalue weighted by Crippen LogP contribution is 2.29. The summed E-state index contributed by atoms with van der Waals surface area (Å²) in [6, 6.07) is 5.26. The van der Waals surface area contributed by atoms with E-state index in [9.17, 15) is 9.90 Å². The van der Waals surface area contributed by atoms with E-state index < -0.39 is 6.10 Å². The Morgan fingerprint density at radius 2 is 2.41 bits per heavy atom. The minimum absolute atomic E-state index is 0.230. The summed E-state index contributed by atoms with van der Waals surface area (Å²) in [4.78, 5) is 17.6. The fourth-order valence-corrected chi connectivity index (χ4v) is 2.23. The van der Waals surface area contributed by atoms with Crippen molar-refractivity contribution in [2.45, 2.75) is 13.0 Å². The fraction of sp³-hybridized carbons (Fsp3) is 0.375. The van der Waals surface area contributed by atoms with Gasteiger partial charge in [-0.3, -0.25) is 9.79 Å². The van der Waals surface area contributed by atoms with Gasteiger partial charge in [0.05, 0.1) is 18.7 Å². The van der Waals surface area contributed by atoms with Gasteiger partial charge in [-0.05, 0) is 25.3 Å². The molecule has 6 nitrogen and oxygen atoms in total. The molecule has 1 aliphatic rings. The maximum Gasteiger partial charge on any atom is 0.179 e. The number of aliphatic hydroxyl groups is 1. The topological polar surface area (TPSA) is 71.4 Å². The van der Waals surface area contributed by atoms with Crippen molar-refractivity contribution in [3.63, 3.8) is 0 Å². The number of hydrogen-bond donors (Lipinski definition) is 1. The first-order valence-electron chi connectivity index (χ1n) is 7.02. The van der Waals surface area contributed by atoms with Crippen LogP contribution in [0.25, 0.3) is 0 Å². The van der Waals surface area contributed by atoms with Gasteiger partial charge in [-0.15, -0.1) is 0 Å². The third-order valence-corrected chi connectivity index (χ3v) is 3.39. The Kier molecular flexibility index (Phi) is 5.16. The summed E-state index contributed by atoms with van der Waals surface area (Å²) in [5.74, 6) is 1.63. The zero-order valence-corrected chi connectivity index (χ0v) is 12.8. The number of carbonyl (C=O) groups excluding carboxylic acids is 1. The van der Waals surface area contributed by atoms with Gasteiger partial charge in [0.15, 0.2) is 11.9 Å². The van der Waals surface area contributed by atoms with Gasteiger partial charge < -0.3 is 19.5 Å². The molecule has 1 aliphatic heterocycles. The highest BCUT2D eigenvalue weighted by molar-refractivity contribution is 6.02. The summed E-state index contributed by atoms with van der Waals surface area (Å²) in [5.41, 5.74) is 0.829. The molecule has 0 spiro atoms. The van der Waals surface area contributed by atoms with Crippen molar-refractivity contribution in [3.8, 4) is 11.5 Å². The van der Waals surface area contributed by atoms with Crippen LogP contribution in [0.2, 0.25) is 0 Å². The summed E-state index contributed by atoms with van der Waals surface area (Å²) in [6.07, 6.45) is 0.843. The highest BCUT2D eigenvalue weighted by atomic mass is 16.5. The molecule has 2 rings (SSSR count). The number of Topliss-reactive ketones (excluding diaryl/α,β-unsaturated/α-hetero) is 1.